The Morgan fingerprint density at radius 2 is 1.73 bits per heavy atom. The molecule has 45 heavy (non-hydrogen) atoms. The number of hydrogen-bond donors (Lipinski definition) is 2. The Morgan fingerprint density at radius 3 is 2.36 bits per heavy atom. The predicted octanol–water partition coefficient (Wildman–Crippen LogP) is 5.56. The van der Waals surface area contributed by atoms with Gasteiger partial charge in [-0.05, 0) is 51.3 Å². The summed E-state index contributed by atoms with van der Waals surface area (Å²) in [5.74, 6) is -2.47. The minimum Gasteiger partial charge on any atom is -0.490 e. The summed E-state index contributed by atoms with van der Waals surface area (Å²) in [5.41, 5.74) is 0.0912. The first kappa shape index (κ1) is 38.1. The Hall–Kier alpha value is -3.07. The highest BCUT2D eigenvalue weighted by Crippen LogP contribution is 2.29. The molecule has 0 aromatic heterocycles. The fraction of sp³-hybridized carbons (Fsp3) is 0.700. The van der Waals surface area contributed by atoms with E-state index in [2.05, 4.69) is 5.32 Å². The molecule has 1 aliphatic heterocycles. The van der Waals surface area contributed by atoms with Crippen LogP contribution in [-0.4, -0.2) is 96.6 Å². The van der Waals surface area contributed by atoms with Crippen LogP contribution in [-0.2, 0) is 14.3 Å². The molecule has 0 radical (unpaired) electrons. The van der Waals surface area contributed by atoms with E-state index in [-0.39, 0.29) is 36.2 Å². The Morgan fingerprint density at radius 1 is 1.09 bits per heavy atom. The number of nitrogens with one attached hydrogen (secondary N) is 1. The lowest BCUT2D eigenvalue weighted by molar-refractivity contribution is -0.149. The lowest BCUT2D eigenvalue weighted by Crippen LogP contribution is -2.48. The van der Waals surface area contributed by atoms with Crippen LogP contribution < -0.4 is 10.1 Å². The van der Waals surface area contributed by atoms with Gasteiger partial charge >= 0.3 is 12.4 Å². The highest BCUT2D eigenvalue weighted by atomic mass is 19.4. The van der Waals surface area contributed by atoms with Gasteiger partial charge in [0.25, 0.3) is 5.91 Å². The summed E-state index contributed by atoms with van der Waals surface area (Å²) in [5, 5.41) is 12.4. The van der Waals surface area contributed by atoms with Gasteiger partial charge < -0.3 is 29.7 Å². The van der Waals surface area contributed by atoms with Crippen LogP contribution in [0.3, 0.4) is 0 Å². The SMILES string of the molecule is C[C@@H]1CCCCO[C@H](CN(C)C(=O)CCC(F)(F)F)[C@H](C)CN([C@@H](C)CO)C(=O)c2cc(NC(=O)CCC(F)(F)F)ccc2O1. The third-order valence-electron chi connectivity index (χ3n) is 7.47. The van der Waals surface area contributed by atoms with Gasteiger partial charge in [-0.1, -0.05) is 6.92 Å². The Labute approximate surface area is 259 Å². The number of halogens is 6. The molecule has 9 nitrogen and oxygen atoms in total. The van der Waals surface area contributed by atoms with Gasteiger partial charge in [0.05, 0.1) is 43.3 Å². The van der Waals surface area contributed by atoms with E-state index in [1.54, 1.807) is 20.8 Å². The molecule has 1 aromatic rings. The molecule has 256 valence electrons. The zero-order chi connectivity index (χ0) is 33.9. The number of alkyl halides is 6. The predicted molar refractivity (Wildman–Crippen MR) is 154 cm³/mol. The largest absolute Gasteiger partial charge is 0.490 e. The fourth-order valence-corrected chi connectivity index (χ4v) is 4.75. The summed E-state index contributed by atoms with van der Waals surface area (Å²) >= 11 is 0. The molecule has 2 N–H and O–H groups in total. The zero-order valence-corrected chi connectivity index (χ0v) is 26.0. The van der Waals surface area contributed by atoms with Gasteiger partial charge in [-0.25, -0.2) is 0 Å². The average molecular weight is 656 g/mol. The molecule has 0 unspecified atom stereocenters. The van der Waals surface area contributed by atoms with Crippen LogP contribution in [0, 0.1) is 5.92 Å². The van der Waals surface area contributed by atoms with Gasteiger partial charge in [0, 0.05) is 51.2 Å². The number of carbonyl (C=O) groups excluding carboxylic acids is 3. The molecule has 0 saturated carbocycles. The first-order valence-electron chi connectivity index (χ1n) is 14.9. The van der Waals surface area contributed by atoms with Crippen LogP contribution in [0.4, 0.5) is 32.0 Å². The van der Waals surface area contributed by atoms with Crippen molar-refractivity contribution in [1.82, 2.24) is 9.80 Å². The number of carbonyl (C=O) groups is 3. The van der Waals surface area contributed by atoms with Gasteiger partial charge in [-0.2, -0.15) is 26.3 Å². The van der Waals surface area contributed by atoms with Crippen LogP contribution in [0.2, 0.25) is 0 Å². The van der Waals surface area contributed by atoms with E-state index in [0.717, 1.165) is 0 Å². The normalized spacial score (nSPS) is 21.3. The van der Waals surface area contributed by atoms with Crippen LogP contribution in [0.1, 0.15) is 76.1 Å². The van der Waals surface area contributed by atoms with Crippen molar-refractivity contribution in [3.8, 4) is 5.75 Å². The number of amides is 3. The van der Waals surface area contributed by atoms with Crippen molar-refractivity contribution >= 4 is 23.4 Å². The standard InChI is InChI=1S/C30H43F6N3O6/c1-19-16-39(20(2)18-40)28(43)23-15-22(37-26(41)10-12-29(31,32)33)8-9-24(23)45-21(3)7-5-6-14-44-25(19)17-38(4)27(42)11-13-30(34,35)36/h8-9,15,19-21,25,40H,5-7,10-14,16-18H2,1-4H3,(H,37,41)/t19-,20+,21-,25-/m1/s1. The van der Waals surface area contributed by atoms with E-state index >= 15 is 0 Å². The quantitative estimate of drug-likeness (QED) is 0.337. The molecule has 4 atom stereocenters. The van der Waals surface area contributed by atoms with Crippen molar-refractivity contribution in [1.29, 1.82) is 0 Å². The molecule has 0 spiro atoms. The summed E-state index contributed by atoms with van der Waals surface area (Å²) in [6.45, 7) is 5.00. The zero-order valence-electron chi connectivity index (χ0n) is 26.0. The summed E-state index contributed by atoms with van der Waals surface area (Å²) < 4.78 is 88.0. The van der Waals surface area contributed by atoms with Gasteiger partial charge in [-0.15, -0.1) is 0 Å². The second-order valence-corrected chi connectivity index (χ2v) is 11.6. The van der Waals surface area contributed by atoms with Crippen LogP contribution in [0.25, 0.3) is 0 Å². The topological polar surface area (TPSA) is 108 Å². The lowest BCUT2D eigenvalue weighted by Gasteiger charge is -2.36. The van der Waals surface area contributed by atoms with Gasteiger partial charge in [0.2, 0.25) is 11.8 Å². The first-order chi connectivity index (χ1) is 20.9. The molecule has 1 aromatic carbocycles. The van der Waals surface area contributed by atoms with E-state index < -0.39 is 80.4 Å². The summed E-state index contributed by atoms with van der Waals surface area (Å²) in [6, 6.07) is 3.46. The maximum absolute atomic E-state index is 14.0. The van der Waals surface area contributed by atoms with Gasteiger partial charge in [0.1, 0.15) is 5.75 Å². The molecular formula is C30H43F6N3O6. The second kappa shape index (κ2) is 17.0. The Bertz CT molecular complexity index is 1130. The number of anilines is 1. The van der Waals surface area contributed by atoms with Crippen molar-refractivity contribution in [3.63, 3.8) is 0 Å². The Balaban J connectivity index is 2.39. The van der Waals surface area contributed by atoms with Crippen molar-refractivity contribution in [2.45, 2.75) is 96.3 Å². The average Bonchev–Trinajstić information content (AvgIpc) is 2.95. The molecule has 0 bridgehead atoms. The molecule has 1 aliphatic rings. The highest BCUT2D eigenvalue weighted by molar-refractivity contribution is 5.99. The molecule has 0 saturated heterocycles. The number of aliphatic hydroxyl groups is 1. The van der Waals surface area contributed by atoms with Crippen LogP contribution >= 0.6 is 0 Å². The monoisotopic (exact) mass is 655 g/mol. The molecule has 0 aliphatic carbocycles. The number of rotatable bonds is 9. The van der Waals surface area contributed by atoms with Gasteiger partial charge in [-0.3, -0.25) is 14.4 Å². The van der Waals surface area contributed by atoms with E-state index in [1.807, 2.05) is 0 Å². The fourth-order valence-electron chi connectivity index (χ4n) is 4.75. The third-order valence-corrected chi connectivity index (χ3v) is 7.47. The number of fused-ring (bicyclic) bond motifs is 1. The number of likely N-dealkylation sites (N-methyl/N-ethyl adjacent to an activating group) is 1. The van der Waals surface area contributed by atoms with Crippen molar-refractivity contribution < 1.29 is 55.3 Å². The lowest BCUT2D eigenvalue weighted by atomic mass is 10.0. The van der Waals surface area contributed by atoms with E-state index in [1.165, 1.54) is 35.0 Å². The minimum atomic E-state index is -4.51. The van der Waals surface area contributed by atoms with Gasteiger partial charge in [0.15, 0.2) is 0 Å². The maximum atomic E-state index is 14.0. The number of ether oxygens (including phenoxy) is 2. The molecule has 15 heteroatoms. The molecular weight excluding hydrogens is 612 g/mol. The first-order valence-corrected chi connectivity index (χ1v) is 14.9. The summed E-state index contributed by atoms with van der Waals surface area (Å²) in [7, 11) is 1.39. The number of nitrogens with zero attached hydrogens (tertiary/aromatic N) is 2. The number of aliphatic hydroxyl groups excluding tert-OH is 1. The Kier molecular flexibility index (Phi) is 14.4. The minimum absolute atomic E-state index is 0.00692. The summed E-state index contributed by atoms with van der Waals surface area (Å²) in [4.78, 5) is 41.2. The van der Waals surface area contributed by atoms with Crippen LogP contribution in [0.5, 0.6) is 5.75 Å². The molecule has 1 heterocycles. The second-order valence-electron chi connectivity index (χ2n) is 11.6. The van der Waals surface area contributed by atoms with E-state index in [0.29, 0.717) is 25.9 Å². The van der Waals surface area contributed by atoms with Crippen molar-refractivity contribution in [2.75, 3.05) is 38.7 Å². The smallest absolute Gasteiger partial charge is 0.389 e. The maximum Gasteiger partial charge on any atom is 0.389 e. The van der Waals surface area contributed by atoms with E-state index in [9.17, 15) is 45.8 Å². The van der Waals surface area contributed by atoms with Crippen molar-refractivity contribution in [3.05, 3.63) is 23.8 Å². The molecule has 2 rings (SSSR count). The highest BCUT2D eigenvalue weighted by Gasteiger charge is 2.33. The van der Waals surface area contributed by atoms with E-state index in [4.69, 9.17) is 9.47 Å². The van der Waals surface area contributed by atoms with Crippen LogP contribution in [0.15, 0.2) is 18.2 Å². The summed E-state index contributed by atoms with van der Waals surface area (Å²) in [6.07, 6.45) is -12.2. The van der Waals surface area contributed by atoms with Crippen molar-refractivity contribution in [2.24, 2.45) is 5.92 Å². The molecule has 3 amide bonds. The molecule has 0 fully saturated rings. The third kappa shape index (κ3) is 13.4. The number of hydrogen-bond acceptors (Lipinski definition) is 6. The number of benzene rings is 1.